The molecule has 0 spiro atoms. The summed E-state index contributed by atoms with van der Waals surface area (Å²) in [5.74, 6) is 0. The highest BCUT2D eigenvalue weighted by atomic mass is 16.2. The van der Waals surface area contributed by atoms with Crippen LogP contribution in [-0.2, 0) is 0 Å². The van der Waals surface area contributed by atoms with Crippen LogP contribution in [-0.4, -0.2) is 20.2 Å². The van der Waals surface area contributed by atoms with Gasteiger partial charge < -0.3 is 0 Å². The van der Waals surface area contributed by atoms with Crippen molar-refractivity contribution >= 4 is 5.70 Å². The third kappa shape index (κ3) is 0.975. The van der Waals surface area contributed by atoms with Gasteiger partial charge in [0.15, 0.2) is 0 Å². The van der Waals surface area contributed by atoms with E-state index in [1.165, 1.54) is 10.3 Å². The number of hydrogen-bond donors (Lipinski definition) is 1. The van der Waals surface area contributed by atoms with Crippen LogP contribution in [0.3, 0.4) is 0 Å². The lowest BCUT2D eigenvalue weighted by molar-refractivity contribution is 0.769. The Balaban J connectivity index is 2.50. The minimum absolute atomic E-state index is 0.244. The molecule has 0 aromatic carbocycles. The fraction of sp³-hybridized carbons (Fsp3) is 0.571. The van der Waals surface area contributed by atoms with Gasteiger partial charge in [-0.05, 0) is 36.6 Å². The highest BCUT2D eigenvalue weighted by Crippen LogP contribution is 2.26. The molecule has 0 saturated carbocycles. The number of hydrogen-bond acceptors (Lipinski definition) is 3. The minimum Gasteiger partial charge on any atom is -0.244 e. The van der Waals surface area contributed by atoms with Crippen LogP contribution in [0.2, 0.25) is 0 Å². The fourth-order valence-corrected chi connectivity index (χ4v) is 1.54. The van der Waals surface area contributed by atoms with Crippen molar-refractivity contribution in [2.24, 2.45) is 0 Å². The molecule has 64 valence electrons. The van der Waals surface area contributed by atoms with Crippen LogP contribution in [0, 0.1) is 0 Å². The molecule has 1 heterocycles. The topological polar surface area (TPSA) is 63.6 Å². The van der Waals surface area contributed by atoms with Crippen molar-refractivity contribution in [1.29, 1.82) is 0 Å². The number of rotatable bonds is 1. The summed E-state index contributed by atoms with van der Waals surface area (Å²) >= 11 is 0. The quantitative estimate of drug-likeness (QED) is 0.656. The summed E-state index contributed by atoms with van der Waals surface area (Å²) in [6.07, 6.45) is 3.10. The van der Waals surface area contributed by atoms with Gasteiger partial charge in [0.2, 0.25) is 0 Å². The van der Waals surface area contributed by atoms with Gasteiger partial charge in [-0.3, -0.25) is 0 Å². The van der Waals surface area contributed by atoms with Gasteiger partial charge in [0.25, 0.3) is 0 Å². The average Bonchev–Trinajstić information content (AvgIpc) is 2.59. The minimum atomic E-state index is -0.244. The molecule has 5 heteroatoms. The Morgan fingerprint density at radius 3 is 2.83 bits per heavy atom. The third-order valence-electron chi connectivity index (χ3n) is 2.19. The largest absolute Gasteiger partial charge is 0.365 e. The van der Waals surface area contributed by atoms with Gasteiger partial charge in [0, 0.05) is 5.70 Å². The zero-order valence-corrected chi connectivity index (χ0v) is 6.87. The van der Waals surface area contributed by atoms with Crippen molar-refractivity contribution < 1.29 is 0 Å². The van der Waals surface area contributed by atoms with E-state index in [1.807, 2.05) is 6.92 Å². The van der Waals surface area contributed by atoms with Crippen molar-refractivity contribution in [3.05, 3.63) is 16.1 Å². The van der Waals surface area contributed by atoms with Crippen molar-refractivity contribution in [1.82, 2.24) is 20.2 Å². The zero-order valence-electron chi connectivity index (χ0n) is 6.87. The first-order chi connectivity index (χ1) is 5.79. The lowest BCUT2D eigenvalue weighted by Gasteiger charge is -1.98. The van der Waals surface area contributed by atoms with E-state index < -0.39 is 0 Å². The second-order valence-electron chi connectivity index (χ2n) is 3.00. The normalized spacial score (nSPS) is 17.4. The molecular weight excluding hydrogens is 156 g/mol. The summed E-state index contributed by atoms with van der Waals surface area (Å²) in [6.45, 7) is 2.03. The maximum atomic E-state index is 11.1. The number of H-pyrrole nitrogens is 1. The van der Waals surface area contributed by atoms with Crippen LogP contribution in [0.5, 0.6) is 0 Å². The van der Waals surface area contributed by atoms with Crippen molar-refractivity contribution in [3.8, 4) is 0 Å². The Morgan fingerprint density at radius 2 is 2.33 bits per heavy atom. The molecule has 0 fully saturated rings. The van der Waals surface area contributed by atoms with Crippen LogP contribution in [0.15, 0.2) is 10.4 Å². The molecule has 5 nitrogen and oxygen atoms in total. The standard InChI is InChI=1S/C7H10N4O/c1-5-3-2-4-6(5)11-7(12)8-9-10-11/h2-4H2,1H3,(H,8,10,12). The molecule has 12 heavy (non-hydrogen) atoms. The van der Waals surface area contributed by atoms with Crippen LogP contribution in [0.1, 0.15) is 26.2 Å². The van der Waals surface area contributed by atoms with Crippen LogP contribution in [0.4, 0.5) is 0 Å². The summed E-state index contributed by atoms with van der Waals surface area (Å²) in [5, 5.41) is 9.41. The second-order valence-corrected chi connectivity index (χ2v) is 3.00. The number of tetrazole rings is 1. The van der Waals surface area contributed by atoms with E-state index in [1.54, 1.807) is 0 Å². The molecule has 0 unspecified atom stereocenters. The maximum absolute atomic E-state index is 11.1. The molecular formula is C7H10N4O. The molecule has 1 aliphatic rings. The highest BCUT2D eigenvalue weighted by molar-refractivity contribution is 5.50. The number of nitrogens with one attached hydrogen (secondary N) is 1. The third-order valence-corrected chi connectivity index (χ3v) is 2.19. The molecule has 2 rings (SSSR count). The van der Waals surface area contributed by atoms with Crippen LogP contribution in [0.25, 0.3) is 5.70 Å². The van der Waals surface area contributed by atoms with E-state index in [4.69, 9.17) is 0 Å². The monoisotopic (exact) mass is 166 g/mol. The summed E-state index contributed by atoms with van der Waals surface area (Å²) < 4.78 is 1.35. The van der Waals surface area contributed by atoms with E-state index in [-0.39, 0.29) is 5.69 Å². The summed E-state index contributed by atoms with van der Waals surface area (Å²) in [7, 11) is 0. The van der Waals surface area contributed by atoms with Gasteiger partial charge in [-0.1, -0.05) is 5.57 Å². The van der Waals surface area contributed by atoms with E-state index >= 15 is 0 Å². The van der Waals surface area contributed by atoms with Crippen LogP contribution < -0.4 is 5.69 Å². The van der Waals surface area contributed by atoms with Crippen molar-refractivity contribution in [2.75, 3.05) is 0 Å². The first-order valence-corrected chi connectivity index (χ1v) is 3.98. The smallest absolute Gasteiger partial charge is 0.244 e. The molecule has 0 amide bonds. The predicted molar refractivity (Wildman–Crippen MR) is 43.4 cm³/mol. The van der Waals surface area contributed by atoms with E-state index in [0.717, 1.165) is 25.0 Å². The molecule has 0 bridgehead atoms. The summed E-state index contributed by atoms with van der Waals surface area (Å²) in [4.78, 5) is 11.1. The first kappa shape index (κ1) is 7.27. The molecule has 1 aromatic heterocycles. The number of nitrogens with zero attached hydrogens (tertiary/aromatic N) is 3. The molecule has 1 aliphatic carbocycles. The Morgan fingerprint density at radius 1 is 1.50 bits per heavy atom. The van der Waals surface area contributed by atoms with Gasteiger partial charge in [-0.2, -0.15) is 4.68 Å². The molecule has 0 atom stereocenters. The Labute approximate surface area is 69.1 Å². The van der Waals surface area contributed by atoms with Crippen molar-refractivity contribution in [2.45, 2.75) is 26.2 Å². The average molecular weight is 166 g/mol. The number of aromatic nitrogens is 4. The molecule has 1 aromatic rings. The first-order valence-electron chi connectivity index (χ1n) is 3.98. The number of aromatic amines is 1. The maximum Gasteiger partial charge on any atom is 0.365 e. The molecule has 0 saturated heterocycles. The lowest BCUT2D eigenvalue weighted by Crippen LogP contribution is -2.17. The van der Waals surface area contributed by atoms with Crippen molar-refractivity contribution in [3.63, 3.8) is 0 Å². The predicted octanol–water partition coefficient (Wildman–Crippen LogP) is 0.381. The Hall–Kier alpha value is -1.39. The van der Waals surface area contributed by atoms with Crippen LogP contribution >= 0.6 is 0 Å². The van der Waals surface area contributed by atoms with Gasteiger partial charge >= 0.3 is 5.69 Å². The fourth-order valence-electron chi connectivity index (χ4n) is 1.54. The Bertz CT molecular complexity index is 373. The van der Waals surface area contributed by atoms with Gasteiger partial charge in [0.1, 0.15) is 0 Å². The van der Waals surface area contributed by atoms with E-state index in [9.17, 15) is 4.79 Å². The van der Waals surface area contributed by atoms with Gasteiger partial charge in [-0.25, -0.2) is 9.89 Å². The van der Waals surface area contributed by atoms with Gasteiger partial charge in [-0.15, -0.1) is 0 Å². The number of allylic oxidation sites excluding steroid dienone is 2. The molecule has 0 aliphatic heterocycles. The molecule has 0 radical (unpaired) electrons. The zero-order chi connectivity index (χ0) is 8.55. The Kier molecular flexibility index (Phi) is 1.56. The van der Waals surface area contributed by atoms with Gasteiger partial charge in [0.05, 0.1) is 0 Å². The van der Waals surface area contributed by atoms with E-state index in [0.29, 0.717) is 0 Å². The second kappa shape index (κ2) is 2.58. The highest BCUT2D eigenvalue weighted by Gasteiger charge is 2.15. The lowest BCUT2D eigenvalue weighted by atomic mass is 10.3. The molecule has 1 N–H and O–H groups in total. The summed E-state index contributed by atoms with van der Waals surface area (Å²) in [6, 6.07) is 0. The summed E-state index contributed by atoms with van der Waals surface area (Å²) in [5.41, 5.74) is 2.01. The SMILES string of the molecule is CC1=C(n2nn[nH]c2=O)CCC1. The van der Waals surface area contributed by atoms with E-state index in [2.05, 4.69) is 15.5 Å².